The van der Waals surface area contributed by atoms with Crippen molar-refractivity contribution in [2.45, 2.75) is 19.9 Å². The minimum absolute atomic E-state index is 0.0423. The second-order valence-electron chi connectivity index (χ2n) is 9.23. The number of rotatable bonds is 10. The number of aromatic nitrogens is 1. The Morgan fingerprint density at radius 2 is 1.49 bits per heavy atom. The number of anilines is 3. The van der Waals surface area contributed by atoms with Crippen molar-refractivity contribution < 1.29 is 24.3 Å². The highest BCUT2D eigenvalue weighted by atomic mass is 16.4. The molecule has 10 heteroatoms. The van der Waals surface area contributed by atoms with Crippen LogP contribution in [-0.2, 0) is 22.6 Å². The van der Waals surface area contributed by atoms with E-state index in [0.717, 1.165) is 11.1 Å². The first-order chi connectivity index (χ1) is 19.8. The minimum Gasteiger partial charge on any atom is -0.478 e. The number of aryl methyl sites for hydroxylation is 1. The van der Waals surface area contributed by atoms with Crippen LogP contribution >= 0.6 is 0 Å². The molecule has 41 heavy (non-hydrogen) atoms. The van der Waals surface area contributed by atoms with Gasteiger partial charge < -0.3 is 26.0 Å². The van der Waals surface area contributed by atoms with Crippen molar-refractivity contribution in [3.8, 4) is 0 Å². The zero-order valence-electron chi connectivity index (χ0n) is 22.3. The van der Waals surface area contributed by atoms with Gasteiger partial charge in [-0.1, -0.05) is 30.3 Å². The Morgan fingerprint density at radius 1 is 0.805 bits per heavy atom. The van der Waals surface area contributed by atoms with Gasteiger partial charge in [-0.2, -0.15) is 0 Å². The molecule has 0 aliphatic heterocycles. The lowest BCUT2D eigenvalue weighted by atomic mass is 10.1. The van der Waals surface area contributed by atoms with E-state index in [1.807, 2.05) is 31.2 Å². The van der Waals surface area contributed by atoms with Crippen LogP contribution < -0.4 is 20.9 Å². The maximum absolute atomic E-state index is 13.2. The van der Waals surface area contributed by atoms with E-state index in [1.54, 1.807) is 60.9 Å². The maximum atomic E-state index is 13.2. The molecule has 3 aromatic carbocycles. The average molecular weight is 552 g/mol. The van der Waals surface area contributed by atoms with E-state index < -0.39 is 5.97 Å². The summed E-state index contributed by atoms with van der Waals surface area (Å²) in [5.41, 5.74) is 4.35. The van der Waals surface area contributed by atoms with Crippen LogP contribution in [0.2, 0.25) is 0 Å². The number of carboxylic acid groups (broad SMARTS) is 1. The average Bonchev–Trinajstić information content (AvgIpc) is 2.97. The summed E-state index contributed by atoms with van der Waals surface area (Å²) in [6, 6.07) is 23.4. The van der Waals surface area contributed by atoms with E-state index in [0.29, 0.717) is 22.6 Å². The number of carbonyl (C=O) groups is 4. The Bertz CT molecular complexity index is 1520. The molecule has 4 amide bonds. The molecule has 0 saturated carbocycles. The molecule has 4 aromatic rings. The third kappa shape index (κ3) is 8.24. The van der Waals surface area contributed by atoms with E-state index in [9.17, 15) is 24.3 Å². The summed E-state index contributed by atoms with van der Waals surface area (Å²) < 4.78 is 0. The number of amides is 4. The van der Waals surface area contributed by atoms with Gasteiger partial charge in [-0.05, 0) is 78.2 Å². The Balaban J connectivity index is 1.32. The van der Waals surface area contributed by atoms with Gasteiger partial charge in [0, 0.05) is 29.5 Å². The van der Waals surface area contributed by atoms with E-state index in [-0.39, 0.29) is 42.9 Å². The lowest BCUT2D eigenvalue weighted by Gasteiger charge is -2.23. The molecule has 10 nitrogen and oxygen atoms in total. The van der Waals surface area contributed by atoms with Gasteiger partial charge in [-0.25, -0.2) is 9.59 Å². The number of carbonyl (C=O) groups excluding carboxylic acids is 3. The van der Waals surface area contributed by atoms with Gasteiger partial charge in [0.2, 0.25) is 11.8 Å². The normalized spacial score (nSPS) is 10.4. The fourth-order valence-electron chi connectivity index (χ4n) is 4.00. The first-order valence-electron chi connectivity index (χ1n) is 12.8. The SMILES string of the molecule is Cc1ccccc1NC(=O)Nc1ccc(CC(=O)NCC(=O)N(Cc2ccncc2)c2ccc(C(=O)O)cc2)cc1. The minimum atomic E-state index is -1.06. The first-order valence-corrected chi connectivity index (χ1v) is 12.8. The number of nitrogens with zero attached hydrogens (tertiary/aromatic N) is 2. The second-order valence-corrected chi connectivity index (χ2v) is 9.23. The first kappa shape index (κ1) is 28.5. The number of benzene rings is 3. The number of nitrogens with one attached hydrogen (secondary N) is 3. The Labute approximate surface area is 237 Å². The van der Waals surface area contributed by atoms with Crippen LogP contribution in [0.15, 0.2) is 97.3 Å². The molecule has 208 valence electrons. The number of pyridine rings is 1. The molecule has 1 heterocycles. The lowest BCUT2D eigenvalue weighted by Crippen LogP contribution is -2.40. The molecule has 0 radical (unpaired) electrons. The number of hydrogen-bond donors (Lipinski definition) is 4. The summed E-state index contributed by atoms with van der Waals surface area (Å²) in [6.45, 7) is 1.87. The van der Waals surface area contributed by atoms with Crippen molar-refractivity contribution in [1.29, 1.82) is 0 Å². The monoisotopic (exact) mass is 551 g/mol. The van der Waals surface area contributed by atoms with Crippen molar-refractivity contribution in [2.24, 2.45) is 0 Å². The molecule has 0 bridgehead atoms. The van der Waals surface area contributed by atoms with Crippen molar-refractivity contribution in [3.05, 3.63) is 120 Å². The number of aromatic carboxylic acids is 1. The van der Waals surface area contributed by atoms with E-state index in [4.69, 9.17) is 0 Å². The van der Waals surface area contributed by atoms with Crippen LogP contribution in [0.5, 0.6) is 0 Å². The van der Waals surface area contributed by atoms with Gasteiger partial charge >= 0.3 is 12.0 Å². The highest BCUT2D eigenvalue weighted by Crippen LogP contribution is 2.19. The largest absolute Gasteiger partial charge is 0.478 e. The second kappa shape index (κ2) is 13.5. The topological polar surface area (TPSA) is 141 Å². The molecule has 0 spiro atoms. The summed E-state index contributed by atoms with van der Waals surface area (Å²) in [7, 11) is 0. The molecule has 0 atom stereocenters. The summed E-state index contributed by atoms with van der Waals surface area (Å²) in [4.78, 5) is 54.8. The molecule has 0 unspecified atom stereocenters. The van der Waals surface area contributed by atoms with Crippen molar-refractivity contribution in [3.63, 3.8) is 0 Å². The Hall–Kier alpha value is -5.51. The molecule has 0 aliphatic rings. The molecule has 0 aliphatic carbocycles. The third-order valence-electron chi connectivity index (χ3n) is 6.22. The highest BCUT2D eigenvalue weighted by molar-refractivity contribution is 6.00. The zero-order chi connectivity index (χ0) is 29.2. The number of hydrogen-bond acceptors (Lipinski definition) is 5. The van der Waals surface area contributed by atoms with Crippen LogP contribution in [0.4, 0.5) is 21.9 Å². The molecule has 4 rings (SSSR count). The van der Waals surface area contributed by atoms with Crippen molar-refractivity contribution in [2.75, 3.05) is 22.1 Å². The van der Waals surface area contributed by atoms with Crippen LogP contribution in [0.25, 0.3) is 0 Å². The van der Waals surface area contributed by atoms with Gasteiger partial charge in [0.15, 0.2) is 0 Å². The zero-order valence-corrected chi connectivity index (χ0v) is 22.3. The van der Waals surface area contributed by atoms with Crippen LogP contribution in [-0.4, -0.2) is 40.5 Å². The fourth-order valence-corrected chi connectivity index (χ4v) is 4.00. The quantitative estimate of drug-likeness (QED) is 0.227. The smallest absolute Gasteiger partial charge is 0.335 e. The van der Waals surface area contributed by atoms with Crippen molar-refractivity contribution >= 4 is 40.9 Å². The molecular formula is C31H29N5O5. The highest BCUT2D eigenvalue weighted by Gasteiger charge is 2.18. The summed E-state index contributed by atoms with van der Waals surface area (Å²) in [5.74, 6) is -1.77. The maximum Gasteiger partial charge on any atom is 0.335 e. The van der Waals surface area contributed by atoms with Gasteiger partial charge in [0.05, 0.1) is 25.1 Å². The number of para-hydroxylation sites is 1. The van der Waals surface area contributed by atoms with Crippen LogP contribution in [0, 0.1) is 6.92 Å². The molecule has 1 aromatic heterocycles. The molecule has 0 saturated heterocycles. The Morgan fingerprint density at radius 3 is 2.15 bits per heavy atom. The van der Waals surface area contributed by atoms with Gasteiger partial charge in [-0.15, -0.1) is 0 Å². The summed E-state index contributed by atoms with van der Waals surface area (Å²) in [6.07, 6.45) is 3.27. The summed E-state index contributed by atoms with van der Waals surface area (Å²) in [5, 5.41) is 17.4. The van der Waals surface area contributed by atoms with Gasteiger partial charge in [0.25, 0.3) is 0 Å². The van der Waals surface area contributed by atoms with Gasteiger partial charge in [-0.3, -0.25) is 14.6 Å². The van der Waals surface area contributed by atoms with E-state index >= 15 is 0 Å². The molecule has 0 fully saturated rings. The predicted octanol–water partition coefficient (Wildman–Crippen LogP) is 4.62. The lowest BCUT2D eigenvalue weighted by molar-refractivity contribution is -0.124. The fraction of sp³-hybridized carbons (Fsp3) is 0.129. The van der Waals surface area contributed by atoms with Crippen molar-refractivity contribution in [1.82, 2.24) is 10.3 Å². The van der Waals surface area contributed by atoms with E-state index in [1.165, 1.54) is 17.0 Å². The predicted molar refractivity (Wildman–Crippen MR) is 156 cm³/mol. The van der Waals surface area contributed by atoms with Gasteiger partial charge in [0.1, 0.15) is 0 Å². The molecule has 4 N–H and O–H groups in total. The Kier molecular flexibility index (Phi) is 9.40. The van der Waals surface area contributed by atoms with Crippen LogP contribution in [0.3, 0.4) is 0 Å². The standard InChI is InChI=1S/C31H29N5O5/c1-21-4-2-3-5-27(21)35-31(41)34-25-10-6-22(7-11-25)18-28(37)33-19-29(38)36(20-23-14-16-32-17-15-23)26-12-8-24(9-13-26)30(39)40/h2-17H,18-20H2,1H3,(H,33,37)(H,39,40)(H2,34,35,41). The van der Waals surface area contributed by atoms with E-state index in [2.05, 4.69) is 20.9 Å². The molecular weight excluding hydrogens is 522 g/mol. The third-order valence-corrected chi connectivity index (χ3v) is 6.22. The van der Waals surface area contributed by atoms with Crippen LogP contribution in [0.1, 0.15) is 27.0 Å². The number of urea groups is 1. The number of carboxylic acids is 1. The summed E-state index contributed by atoms with van der Waals surface area (Å²) >= 11 is 0.